The van der Waals surface area contributed by atoms with Gasteiger partial charge in [0, 0.05) is 12.6 Å². The van der Waals surface area contributed by atoms with Crippen molar-refractivity contribution in [2.24, 2.45) is 11.7 Å². The van der Waals surface area contributed by atoms with E-state index >= 15 is 0 Å². The largest absolute Gasteiger partial charge is 0.330 e. The number of nitrogens with two attached hydrogens (primary N) is 1. The van der Waals surface area contributed by atoms with E-state index in [0.717, 1.165) is 24.2 Å². The van der Waals surface area contributed by atoms with Crippen molar-refractivity contribution in [2.45, 2.75) is 30.0 Å². The van der Waals surface area contributed by atoms with Gasteiger partial charge in [-0.25, -0.2) is 8.42 Å². The van der Waals surface area contributed by atoms with Crippen LogP contribution in [0.1, 0.15) is 24.6 Å². The molecule has 1 saturated heterocycles. The van der Waals surface area contributed by atoms with E-state index in [1.165, 1.54) is 10.4 Å². The lowest BCUT2D eigenvalue weighted by atomic mass is 9.96. The van der Waals surface area contributed by atoms with Crippen molar-refractivity contribution in [2.75, 3.05) is 13.1 Å². The predicted octanol–water partition coefficient (Wildman–Crippen LogP) is 1.37. The third-order valence-electron chi connectivity index (χ3n) is 3.51. The Morgan fingerprint density at radius 3 is 2.84 bits per heavy atom. The van der Waals surface area contributed by atoms with Crippen molar-refractivity contribution in [1.82, 2.24) is 4.31 Å². The number of thiophene rings is 1. The molecule has 0 spiro atoms. The lowest BCUT2D eigenvalue weighted by Gasteiger charge is -2.36. The smallest absolute Gasteiger partial charge is 0.252 e. The van der Waals surface area contributed by atoms with Gasteiger partial charge in [0.1, 0.15) is 15.2 Å². The second kappa shape index (κ2) is 5.59. The van der Waals surface area contributed by atoms with Crippen LogP contribution in [0.5, 0.6) is 0 Å². The van der Waals surface area contributed by atoms with Gasteiger partial charge in [-0.2, -0.15) is 9.57 Å². The van der Waals surface area contributed by atoms with Crippen molar-refractivity contribution in [3.05, 3.63) is 17.0 Å². The van der Waals surface area contributed by atoms with E-state index in [1.807, 2.05) is 13.0 Å². The molecule has 0 saturated carbocycles. The second-order valence-electron chi connectivity index (χ2n) is 4.83. The molecule has 0 amide bonds. The molecule has 2 N–H and O–H groups in total. The first kappa shape index (κ1) is 14.5. The molecular formula is C12H17N3O2S2. The van der Waals surface area contributed by atoms with Gasteiger partial charge in [-0.1, -0.05) is 0 Å². The molecule has 2 rings (SSSR count). The fourth-order valence-corrected chi connectivity index (χ4v) is 5.28. The van der Waals surface area contributed by atoms with E-state index in [4.69, 9.17) is 11.0 Å². The summed E-state index contributed by atoms with van der Waals surface area (Å²) in [5.74, 6) is 0.223. The van der Waals surface area contributed by atoms with Crippen LogP contribution in [0.15, 0.2) is 16.3 Å². The molecule has 0 radical (unpaired) electrons. The number of sulfonamides is 1. The first-order valence-corrected chi connectivity index (χ1v) is 8.46. The number of piperidine rings is 1. The Kier molecular flexibility index (Phi) is 4.26. The van der Waals surface area contributed by atoms with Crippen molar-refractivity contribution in [1.29, 1.82) is 5.26 Å². The molecule has 104 valence electrons. The molecule has 1 aromatic rings. The highest BCUT2D eigenvalue weighted by molar-refractivity contribution is 7.91. The number of hydrogen-bond donors (Lipinski definition) is 1. The zero-order valence-electron chi connectivity index (χ0n) is 10.7. The number of nitrogens with zero attached hydrogens (tertiary/aromatic N) is 2. The van der Waals surface area contributed by atoms with Crippen LogP contribution in [-0.4, -0.2) is 31.9 Å². The Hall–Kier alpha value is -0.940. The molecule has 2 atom stereocenters. The van der Waals surface area contributed by atoms with Crippen LogP contribution in [0.25, 0.3) is 0 Å². The molecule has 0 aromatic carbocycles. The zero-order valence-corrected chi connectivity index (χ0v) is 12.4. The van der Waals surface area contributed by atoms with Crippen LogP contribution in [0.3, 0.4) is 0 Å². The fraction of sp³-hybridized carbons (Fsp3) is 0.583. The summed E-state index contributed by atoms with van der Waals surface area (Å²) in [6.45, 7) is 2.90. The van der Waals surface area contributed by atoms with Crippen molar-refractivity contribution >= 4 is 21.4 Å². The Morgan fingerprint density at radius 2 is 2.26 bits per heavy atom. The SMILES string of the molecule is CC1CCC(CN)CN1S(=O)(=O)c1ccc(C#N)s1. The molecule has 1 aliphatic heterocycles. The molecule has 0 aliphatic carbocycles. The minimum Gasteiger partial charge on any atom is -0.330 e. The summed E-state index contributed by atoms with van der Waals surface area (Å²) in [5.41, 5.74) is 5.66. The summed E-state index contributed by atoms with van der Waals surface area (Å²) in [4.78, 5) is 0.415. The van der Waals surface area contributed by atoms with Gasteiger partial charge in [0.2, 0.25) is 0 Å². The maximum absolute atomic E-state index is 12.6. The normalized spacial score (nSPS) is 25.1. The summed E-state index contributed by atoms with van der Waals surface area (Å²) in [6.07, 6.45) is 1.80. The van der Waals surface area contributed by atoms with Gasteiger partial charge >= 0.3 is 0 Å². The van der Waals surface area contributed by atoms with E-state index < -0.39 is 10.0 Å². The summed E-state index contributed by atoms with van der Waals surface area (Å²) in [5, 5.41) is 8.79. The molecule has 0 bridgehead atoms. The monoisotopic (exact) mass is 299 g/mol. The lowest BCUT2D eigenvalue weighted by molar-refractivity contribution is 0.211. The van der Waals surface area contributed by atoms with Crippen LogP contribution in [0.4, 0.5) is 0 Å². The molecule has 2 unspecified atom stereocenters. The minimum absolute atomic E-state index is 0.0135. The average molecular weight is 299 g/mol. The van der Waals surface area contributed by atoms with Gasteiger partial charge in [0.25, 0.3) is 10.0 Å². The molecule has 1 fully saturated rings. The van der Waals surface area contributed by atoms with Gasteiger partial charge in [-0.15, -0.1) is 11.3 Å². The molecule has 7 heteroatoms. The quantitative estimate of drug-likeness (QED) is 0.913. The summed E-state index contributed by atoms with van der Waals surface area (Å²) in [6, 6.07) is 5.02. The highest BCUT2D eigenvalue weighted by Gasteiger charge is 2.35. The van der Waals surface area contributed by atoms with Crippen LogP contribution in [-0.2, 0) is 10.0 Å². The molecular weight excluding hydrogens is 282 g/mol. The van der Waals surface area contributed by atoms with E-state index in [2.05, 4.69) is 0 Å². The molecule has 1 aliphatic rings. The van der Waals surface area contributed by atoms with Crippen LogP contribution in [0.2, 0.25) is 0 Å². The summed E-state index contributed by atoms with van der Waals surface area (Å²) in [7, 11) is -3.50. The fourth-order valence-electron chi connectivity index (χ4n) is 2.31. The van der Waals surface area contributed by atoms with Gasteiger partial charge in [-0.05, 0) is 44.4 Å². The van der Waals surface area contributed by atoms with E-state index in [-0.39, 0.29) is 16.2 Å². The van der Waals surface area contributed by atoms with Crippen LogP contribution in [0, 0.1) is 17.2 Å². The van der Waals surface area contributed by atoms with Crippen molar-refractivity contribution < 1.29 is 8.42 Å². The standard InChI is InChI=1S/C12H17N3O2S2/c1-9-2-3-10(6-13)8-15(9)19(16,17)12-5-4-11(7-14)18-12/h4-5,9-10H,2-3,6,8,13H2,1H3. The summed E-state index contributed by atoms with van der Waals surface area (Å²) >= 11 is 1.02. The number of rotatable bonds is 3. The highest BCUT2D eigenvalue weighted by atomic mass is 32.2. The second-order valence-corrected chi connectivity index (χ2v) is 8.03. The predicted molar refractivity (Wildman–Crippen MR) is 74.2 cm³/mol. The first-order chi connectivity index (χ1) is 8.98. The molecule has 2 heterocycles. The molecule has 19 heavy (non-hydrogen) atoms. The Labute approximate surface area is 117 Å². The Balaban J connectivity index is 2.30. The van der Waals surface area contributed by atoms with Gasteiger partial charge in [0.15, 0.2) is 0 Å². The maximum atomic E-state index is 12.6. The van der Waals surface area contributed by atoms with Crippen molar-refractivity contribution in [3.8, 4) is 6.07 Å². The lowest BCUT2D eigenvalue weighted by Crippen LogP contribution is -2.46. The molecule has 5 nitrogen and oxygen atoms in total. The first-order valence-electron chi connectivity index (χ1n) is 6.21. The van der Waals surface area contributed by atoms with E-state index in [1.54, 1.807) is 6.07 Å². The third kappa shape index (κ3) is 2.82. The highest BCUT2D eigenvalue weighted by Crippen LogP contribution is 2.30. The zero-order chi connectivity index (χ0) is 14.0. The van der Waals surface area contributed by atoms with Gasteiger partial charge < -0.3 is 5.73 Å². The van der Waals surface area contributed by atoms with E-state index in [0.29, 0.717) is 18.0 Å². The average Bonchev–Trinajstić information content (AvgIpc) is 2.88. The van der Waals surface area contributed by atoms with Crippen LogP contribution < -0.4 is 5.73 Å². The minimum atomic E-state index is -3.50. The summed E-state index contributed by atoms with van der Waals surface area (Å²) < 4.78 is 26.9. The molecule has 1 aromatic heterocycles. The number of nitriles is 1. The number of hydrogen-bond acceptors (Lipinski definition) is 5. The maximum Gasteiger partial charge on any atom is 0.252 e. The van der Waals surface area contributed by atoms with E-state index in [9.17, 15) is 8.42 Å². The van der Waals surface area contributed by atoms with Crippen LogP contribution >= 0.6 is 11.3 Å². The van der Waals surface area contributed by atoms with Gasteiger partial charge in [0.05, 0.1) is 0 Å². The third-order valence-corrected chi connectivity index (χ3v) is 6.95. The Bertz CT molecular complexity index is 588. The Morgan fingerprint density at radius 1 is 1.53 bits per heavy atom. The van der Waals surface area contributed by atoms with Gasteiger partial charge in [-0.3, -0.25) is 0 Å². The van der Waals surface area contributed by atoms with Crippen molar-refractivity contribution in [3.63, 3.8) is 0 Å². The topological polar surface area (TPSA) is 87.2 Å².